The van der Waals surface area contributed by atoms with Crippen molar-refractivity contribution in [1.29, 1.82) is 0 Å². The van der Waals surface area contributed by atoms with E-state index in [-0.39, 0.29) is 21.3 Å². The summed E-state index contributed by atoms with van der Waals surface area (Å²) >= 11 is 12.0. The van der Waals surface area contributed by atoms with Crippen LogP contribution in [0, 0.1) is 0 Å². The van der Waals surface area contributed by atoms with Crippen LogP contribution in [0.15, 0.2) is 30.3 Å². The molecule has 2 nitrogen and oxygen atoms in total. The third-order valence-electron chi connectivity index (χ3n) is 2.76. The van der Waals surface area contributed by atoms with Crippen LogP contribution in [-0.2, 0) is 6.18 Å². The Morgan fingerprint density at radius 3 is 2.43 bits per heavy atom. The summed E-state index contributed by atoms with van der Waals surface area (Å²) in [6.45, 7) is 2.37. The Morgan fingerprint density at radius 2 is 1.81 bits per heavy atom. The largest absolute Gasteiger partial charge is 0.417 e. The second-order valence-electron chi connectivity index (χ2n) is 4.22. The molecule has 2 rings (SSSR count). The van der Waals surface area contributed by atoms with Crippen molar-refractivity contribution in [2.24, 2.45) is 0 Å². The Hall–Kier alpha value is -1.46. The zero-order valence-electron chi connectivity index (χ0n) is 10.9. The van der Waals surface area contributed by atoms with Gasteiger partial charge in [0, 0.05) is 12.1 Å². The fraction of sp³-hybridized carbons (Fsp3) is 0.214. The van der Waals surface area contributed by atoms with Crippen molar-refractivity contribution in [3.63, 3.8) is 0 Å². The van der Waals surface area contributed by atoms with Crippen molar-refractivity contribution in [3.05, 3.63) is 45.9 Å². The first-order valence-electron chi connectivity index (χ1n) is 6.11. The van der Waals surface area contributed by atoms with Gasteiger partial charge in [-0.25, -0.2) is 4.98 Å². The van der Waals surface area contributed by atoms with Crippen LogP contribution in [0.2, 0.25) is 10.0 Å². The lowest BCUT2D eigenvalue weighted by Crippen LogP contribution is -2.08. The van der Waals surface area contributed by atoms with Crippen LogP contribution in [0.4, 0.5) is 19.0 Å². The van der Waals surface area contributed by atoms with Gasteiger partial charge >= 0.3 is 6.18 Å². The fourth-order valence-corrected chi connectivity index (χ4v) is 2.41. The second kappa shape index (κ2) is 6.12. The van der Waals surface area contributed by atoms with E-state index in [0.717, 1.165) is 6.07 Å². The monoisotopic (exact) mass is 334 g/mol. The molecule has 0 radical (unpaired) electrons. The van der Waals surface area contributed by atoms with E-state index in [9.17, 15) is 13.2 Å². The zero-order chi connectivity index (χ0) is 15.6. The van der Waals surface area contributed by atoms with Gasteiger partial charge in [-0.2, -0.15) is 13.2 Å². The molecule has 0 aliphatic carbocycles. The number of rotatable bonds is 3. The summed E-state index contributed by atoms with van der Waals surface area (Å²) in [5.74, 6) is 0.301. The first kappa shape index (κ1) is 15.9. The SMILES string of the molecule is CCNc1nc(-c2ccccc2C(F)(F)F)c(Cl)cc1Cl. The van der Waals surface area contributed by atoms with Gasteiger partial charge in [-0.1, -0.05) is 41.4 Å². The highest BCUT2D eigenvalue weighted by Gasteiger charge is 2.34. The lowest BCUT2D eigenvalue weighted by atomic mass is 10.0. The van der Waals surface area contributed by atoms with E-state index < -0.39 is 11.7 Å². The summed E-state index contributed by atoms with van der Waals surface area (Å²) in [5.41, 5.74) is -0.820. The standard InChI is InChI=1S/C14H11Cl2F3N2/c1-2-20-13-11(16)7-10(15)12(21-13)8-5-3-4-6-9(8)14(17,18)19/h3-7H,2H2,1H3,(H,20,21). The highest BCUT2D eigenvalue weighted by atomic mass is 35.5. The molecule has 0 aliphatic rings. The molecule has 1 aromatic carbocycles. The molecule has 0 saturated heterocycles. The summed E-state index contributed by atoms with van der Waals surface area (Å²) in [6, 6.07) is 6.54. The number of alkyl halides is 3. The lowest BCUT2D eigenvalue weighted by molar-refractivity contribution is -0.137. The van der Waals surface area contributed by atoms with Crippen LogP contribution >= 0.6 is 23.2 Å². The Balaban J connectivity index is 2.65. The molecule has 2 aromatic rings. The molecular weight excluding hydrogens is 324 g/mol. The van der Waals surface area contributed by atoms with Crippen molar-refractivity contribution in [2.75, 3.05) is 11.9 Å². The Morgan fingerprint density at radius 1 is 1.14 bits per heavy atom. The molecule has 0 saturated carbocycles. The molecule has 0 bridgehead atoms. The van der Waals surface area contributed by atoms with Crippen molar-refractivity contribution < 1.29 is 13.2 Å². The summed E-state index contributed by atoms with van der Waals surface area (Å²) in [7, 11) is 0. The highest BCUT2D eigenvalue weighted by Crippen LogP contribution is 2.40. The number of nitrogens with one attached hydrogen (secondary N) is 1. The maximum atomic E-state index is 13.1. The molecular formula is C14H11Cl2F3N2. The predicted octanol–water partition coefficient (Wildman–Crippen LogP) is 5.51. The van der Waals surface area contributed by atoms with Crippen LogP contribution in [0.25, 0.3) is 11.3 Å². The summed E-state index contributed by atoms with van der Waals surface area (Å²) in [4.78, 5) is 4.13. The number of pyridine rings is 1. The van der Waals surface area contributed by atoms with E-state index in [0.29, 0.717) is 12.4 Å². The number of hydrogen-bond donors (Lipinski definition) is 1. The second-order valence-corrected chi connectivity index (χ2v) is 5.04. The van der Waals surface area contributed by atoms with Crippen molar-refractivity contribution in [3.8, 4) is 11.3 Å². The molecule has 0 fully saturated rings. The van der Waals surface area contributed by atoms with Gasteiger partial charge in [0.15, 0.2) is 0 Å². The molecule has 0 aliphatic heterocycles. The fourth-order valence-electron chi connectivity index (χ4n) is 1.88. The first-order valence-corrected chi connectivity index (χ1v) is 6.86. The minimum Gasteiger partial charge on any atom is -0.369 e. The number of aromatic nitrogens is 1. The van der Waals surface area contributed by atoms with Crippen molar-refractivity contribution in [1.82, 2.24) is 4.98 Å². The van der Waals surface area contributed by atoms with Crippen LogP contribution in [0.3, 0.4) is 0 Å². The van der Waals surface area contributed by atoms with Gasteiger partial charge in [-0.05, 0) is 19.1 Å². The number of hydrogen-bond acceptors (Lipinski definition) is 2. The van der Waals surface area contributed by atoms with Crippen molar-refractivity contribution >= 4 is 29.0 Å². The van der Waals surface area contributed by atoms with E-state index in [1.54, 1.807) is 0 Å². The number of anilines is 1. The van der Waals surface area contributed by atoms with Gasteiger partial charge in [-0.15, -0.1) is 0 Å². The molecule has 1 heterocycles. The minimum atomic E-state index is -4.49. The molecule has 0 unspecified atom stereocenters. The number of halogens is 5. The number of benzene rings is 1. The van der Waals surface area contributed by atoms with Crippen LogP contribution in [-0.4, -0.2) is 11.5 Å². The van der Waals surface area contributed by atoms with Crippen LogP contribution in [0.5, 0.6) is 0 Å². The quantitative estimate of drug-likeness (QED) is 0.800. The van der Waals surface area contributed by atoms with E-state index >= 15 is 0 Å². The molecule has 112 valence electrons. The molecule has 1 N–H and O–H groups in total. The highest BCUT2D eigenvalue weighted by molar-refractivity contribution is 6.37. The van der Waals surface area contributed by atoms with E-state index in [2.05, 4.69) is 10.3 Å². The minimum absolute atomic E-state index is 0.0462. The van der Waals surface area contributed by atoms with Crippen LogP contribution < -0.4 is 5.32 Å². The van der Waals surface area contributed by atoms with Gasteiger partial charge in [0.2, 0.25) is 0 Å². The topological polar surface area (TPSA) is 24.9 Å². The van der Waals surface area contributed by atoms with Gasteiger partial charge in [0.05, 0.1) is 21.3 Å². The van der Waals surface area contributed by atoms with Gasteiger partial charge < -0.3 is 5.32 Å². The predicted molar refractivity (Wildman–Crippen MR) is 78.9 cm³/mol. The summed E-state index contributed by atoms with van der Waals surface area (Å²) in [5, 5.41) is 3.22. The Kier molecular flexibility index (Phi) is 4.64. The Labute approximate surface area is 129 Å². The van der Waals surface area contributed by atoms with Gasteiger partial charge in [0.25, 0.3) is 0 Å². The maximum Gasteiger partial charge on any atom is 0.417 e. The van der Waals surface area contributed by atoms with E-state index in [4.69, 9.17) is 23.2 Å². The Bertz CT molecular complexity index is 657. The summed E-state index contributed by atoms with van der Waals surface area (Å²) < 4.78 is 39.2. The van der Waals surface area contributed by atoms with E-state index in [1.165, 1.54) is 24.3 Å². The van der Waals surface area contributed by atoms with E-state index in [1.807, 2.05) is 6.92 Å². The lowest BCUT2D eigenvalue weighted by Gasteiger charge is -2.15. The zero-order valence-corrected chi connectivity index (χ0v) is 12.4. The third-order valence-corrected chi connectivity index (χ3v) is 3.34. The smallest absolute Gasteiger partial charge is 0.369 e. The molecule has 0 amide bonds. The molecule has 0 atom stereocenters. The molecule has 1 aromatic heterocycles. The average molecular weight is 335 g/mol. The summed E-state index contributed by atoms with van der Waals surface area (Å²) in [6.07, 6.45) is -4.49. The first-order chi connectivity index (χ1) is 9.84. The van der Waals surface area contributed by atoms with Crippen LogP contribution in [0.1, 0.15) is 12.5 Å². The normalized spacial score (nSPS) is 11.5. The molecule has 7 heteroatoms. The van der Waals surface area contributed by atoms with Crippen molar-refractivity contribution in [2.45, 2.75) is 13.1 Å². The third kappa shape index (κ3) is 3.41. The average Bonchev–Trinajstić information content (AvgIpc) is 2.41. The maximum absolute atomic E-state index is 13.1. The number of nitrogens with zero attached hydrogens (tertiary/aromatic N) is 1. The van der Waals surface area contributed by atoms with Gasteiger partial charge in [0.1, 0.15) is 5.82 Å². The molecule has 21 heavy (non-hydrogen) atoms. The van der Waals surface area contributed by atoms with Gasteiger partial charge in [-0.3, -0.25) is 0 Å². The molecule has 0 spiro atoms.